The fourth-order valence-corrected chi connectivity index (χ4v) is 2.90. The smallest absolute Gasteiger partial charge is 0.338 e. The van der Waals surface area contributed by atoms with Gasteiger partial charge in [-0.1, -0.05) is 39.8 Å². The average Bonchev–Trinajstić information content (AvgIpc) is 2.81. The first-order valence-electron chi connectivity index (χ1n) is 11.4. The summed E-state index contributed by atoms with van der Waals surface area (Å²) < 4.78 is 16.2. The van der Waals surface area contributed by atoms with Crippen molar-refractivity contribution in [3.63, 3.8) is 0 Å². The lowest BCUT2D eigenvalue weighted by molar-refractivity contribution is -0.119. The van der Waals surface area contributed by atoms with Gasteiger partial charge in [-0.05, 0) is 48.6 Å². The van der Waals surface area contributed by atoms with Gasteiger partial charge in [-0.25, -0.2) is 4.79 Å². The molecule has 2 aromatic carbocycles. The summed E-state index contributed by atoms with van der Waals surface area (Å²) in [5.41, 5.74) is 0.907. The Labute approximate surface area is 201 Å². The molecular weight excluding hydrogens is 436 g/mol. The van der Waals surface area contributed by atoms with Crippen LogP contribution in [0.15, 0.2) is 42.5 Å². The molecule has 0 spiro atoms. The molecule has 8 heteroatoms. The molecule has 0 aromatic heterocycles. The van der Waals surface area contributed by atoms with Crippen molar-refractivity contribution < 1.29 is 28.6 Å². The molecule has 2 N–H and O–H groups in total. The minimum atomic E-state index is -0.676. The summed E-state index contributed by atoms with van der Waals surface area (Å²) in [5.74, 6) is 0.221. The van der Waals surface area contributed by atoms with Crippen molar-refractivity contribution >= 4 is 23.5 Å². The molecule has 2 rings (SSSR count). The summed E-state index contributed by atoms with van der Waals surface area (Å²) in [7, 11) is 1.49. The van der Waals surface area contributed by atoms with Gasteiger partial charge in [0.2, 0.25) is 0 Å². The lowest BCUT2D eigenvalue weighted by atomic mass is 10.1. The maximum Gasteiger partial charge on any atom is 0.338 e. The van der Waals surface area contributed by atoms with Crippen LogP contribution in [-0.2, 0) is 9.53 Å². The van der Waals surface area contributed by atoms with Crippen LogP contribution in [-0.4, -0.2) is 44.7 Å². The van der Waals surface area contributed by atoms with Crippen molar-refractivity contribution in [2.24, 2.45) is 11.8 Å². The van der Waals surface area contributed by atoms with Gasteiger partial charge < -0.3 is 24.8 Å². The molecule has 0 aliphatic heterocycles. The van der Waals surface area contributed by atoms with Gasteiger partial charge in [-0.15, -0.1) is 0 Å². The molecule has 8 nitrogen and oxygen atoms in total. The van der Waals surface area contributed by atoms with Crippen molar-refractivity contribution in [3.8, 4) is 11.5 Å². The molecule has 184 valence electrons. The summed E-state index contributed by atoms with van der Waals surface area (Å²) in [4.78, 5) is 37.2. The molecule has 0 saturated carbocycles. The highest BCUT2D eigenvalue weighted by molar-refractivity contribution is 6.04. The third-order valence-corrected chi connectivity index (χ3v) is 4.80. The van der Waals surface area contributed by atoms with Crippen molar-refractivity contribution in [1.29, 1.82) is 0 Å². The zero-order valence-corrected chi connectivity index (χ0v) is 20.5. The van der Waals surface area contributed by atoms with Crippen molar-refractivity contribution in [3.05, 3.63) is 53.6 Å². The Morgan fingerprint density at radius 1 is 0.941 bits per heavy atom. The summed E-state index contributed by atoms with van der Waals surface area (Å²) in [6.07, 6.45) is 0.893. The van der Waals surface area contributed by atoms with Crippen LogP contribution in [0.3, 0.4) is 0 Å². The highest BCUT2D eigenvalue weighted by Crippen LogP contribution is 2.28. The number of nitrogens with one attached hydrogen (secondary N) is 2. The van der Waals surface area contributed by atoms with E-state index in [2.05, 4.69) is 24.5 Å². The second kappa shape index (κ2) is 13.2. The number of ether oxygens (including phenoxy) is 3. The zero-order chi connectivity index (χ0) is 25.1. The van der Waals surface area contributed by atoms with Gasteiger partial charge in [0.05, 0.1) is 30.5 Å². The predicted octanol–water partition coefficient (Wildman–Crippen LogP) is 4.30. The van der Waals surface area contributed by atoms with E-state index in [-0.39, 0.29) is 11.5 Å². The highest BCUT2D eigenvalue weighted by Gasteiger charge is 2.16. The van der Waals surface area contributed by atoms with Crippen molar-refractivity contribution in [2.45, 2.75) is 34.1 Å². The third-order valence-electron chi connectivity index (χ3n) is 4.80. The van der Waals surface area contributed by atoms with Crippen LogP contribution in [0.5, 0.6) is 11.5 Å². The molecule has 0 aliphatic rings. The van der Waals surface area contributed by atoms with Crippen molar-refractivity contribution in [2.75, 3.05) is 32.2 Å². The molecule has 0 aliphatic carbocycles. The lowest BCUT2D eigenvalue weighted by Gasteiger charge is -2.14. The number of hydrogen-bond acceptors (Lipinski definition) is 6. The number of carbonyl (C=O) groups is 3. The number of anilines is 1. The Bertz CT molecular complexity index is 987. The number of benzene rings is 2. The van der Waals surface area contributed by atoms with E-state index in [4.69, 9.17) is 14.2 Å². The lowest BCUT2D eigenvalue weighted by Crippen LogP contribution is -2.29. The first-order chi connectivity index (χ1) is 16.2. The number of carbonyl (C=O) groups excluding carboxylic acids is 3. The third kappa shape index (κ3) is 8.42. The number of rotatable bonds is 12. The maximum atomic E-state index is 12.4. The van der Waals surface area contributed by atoms with E-state index < -0.39 is 18.5 Å². The summed E-state index contributed by atoms with van der Waals surface area (Å²) >= 11 is 0. The zero-order valence-electron chi connectivity index (χ0n) is 20.5. The van der Waals surface area contributed by atoms with E-state index in [1.807, 2.05) is 13.8 Å². The first kappa shape index (κ1) is 26.7. The fraction of sp³-hybridized carbons (Fsp3) is 0.423. The summed E-state index contributed by atoms with van der Waals surface area (Å²) in [5, 5.41) is 5.45. The van der Waals surface area contributed by atoms with Gasteiger partial charge in [0.25, 0.3) is 11.8 Å². The molecule has 0 unspecified atom stereocenters. The van der Waals surface area contributed by atoms with Gasteiger partial charge in [0, 0.05) is 6.54 Å². The predicted molar refractivity (Wildman–Crippen MR) is 130 cm³/mol. The van der Waals surface area contributed by atoms with Gasteiger partial charge in [0.1, 0.15) is 0 Å². The molecule has 2 aromatic rings. The topological polar surface area (TPSA) is 103 Å². The molecule has 0 atom stereocenters. The second-order valence-electron chi connectivity index (χ2n) is 8.67. The summed E-state index contributed by atoms with van der Waals surface area (Å²) in [6, 6.07) is 11.4. The van der Waals surface area contributed by atoms with Gasteiger partial charge >= 0.3 is 5.97 Å². The van der Waals surface area contributed by atoms with E-state index in [0.717, 1.165) is 6.42 Å². The largest absolute Gasteiger partial charge is 0.493 e. The summed E-state index contributed by atoms with van der Waals surface area (Å²) in [6.45, 7) is 8.75. The quantitative estimate of drug-likeness (QED) is 0.448. The minimum absolute atomic E-state index is 0.231. The van der Waals surface area contributed by atoms with E-state index in [1.54, 1.807) is 36.4 Å². The fourth-order valence-electron chi connectivity index (χ4n) is 2.90. The Kier molecular flexibility index (Phi) is 10.4. The number of amides is 2. The molecule has 0 radical (unpaired) electrons. The van der Waals surface area contributed by atoms with Crippen LogP contribution in [0.25, 0.3) is 0 Å². The highest BCUT2D eigenvalue weighted by atomic mass is 16.5. The van der Waals surface area contributed by atoms with Crippen LogP contribution < -0.4 is 20.1 Å². The van der Waals surface area contributed by atoms with Crippen LogP contribution in [0.1, 0.15) is 54.8 Å². The van der Waals surface area contributed by atoms with E-state index in [0.29, 0.717) is 47.7 Å². The van der Waals surface area contributed by atoms with E-state index in [1.165, 1.54) is 13.2 Å². The Hall–Kier alpha value is -3.55. The number of para-hydroxylation sites is 1. The van der Waals surface area contributed by atoms with Crippen LogP contribution >= 0.6 is 0 Å². The molecule has 2 amide bonds. The van der Waals surface area contributed by atoms with Crippen LogP contribution in [0.2, 0.25) is 0 Å². The molecule has 0 saturated heterocycles. The normalized spacial score (nSPS) is 10.7. The van der Waals surface area contributed by atoms with Gasteiger partial charge in [-0.3, -0.25) is 9.59 Å². The van der Waals surface area contributed by atoms with Crippen LogP contribution in [0.4, 0.5) is 5.69 Å². The molecule has 0 heterocycles. The SMILES string of the molecule is COc1cc(C(=O)OCC(=O)Nc2ccccc2C(=O)NCC(C)C)ccc1OCCC(C)C. The van der Waals surface area contributed by atoms with Gasteiger partial charge in [0.15, 0.2) is 18.1 Å². The maximum absolute atomic E-state index is 12.4. The van der Waals surface area contributed by atoms with Crippen LogP contribution in [0, 0.1) is 11.8 Å². The average molecular weight is 471 g/mol. The Morgan fingerprint density at radius 2 is 1.68 bits per heavy atom. The Morgan fingerprint density at radius 3 is 2.35 bits per heavy atom. The molecule has 34 heavy (non-hydrogen) atoms. The molecule has 0 bridgehead atoms. The monoisotopic (exact) mass is 470 g/mol. The number of methoxy groups -OCH3 is 1. The number of esters is 1. The Balaban J connectivity index is 1.95. The van der Waals surface area contributed by atoms with Gasteiger partial charge in [-0.2, -0.15) is 0 Å². The second-order valence-corrected chi connectivity index (χ2v) is 8.67. The van der Waals surface area contributed by atoms with E-state index in [9.17, 15) is 14.4 Å². The first-order valence-corrected chi connectivity index (χ1v) is 11.4. The van der Waals surface area contributed by atoms with E-state index >= 15 is 0 Å². The standard InChI is InChI=1S/C26H34N2O6/c1-17(2)12-13-33-22-11-10-19(14-23(22)32-5)26(31)34-16-24(29)28-21-9-7-6-8-20(21)25(30)27-15-18(3)4/h6-11,14,17-18H,12-13,15-16H2,1-5H3,(H,27,30)(H,28,29). The van der Waals surface area contributed by atoms with Crippen molar-refractivity contribution in [1.82, 2.24) is 5.32 Å². The number of hydrogen-bond donors (Lipinski definition) is 2. The molecule has 0 fully saturated rings. The minimum Gasteiger partial charge on any atom is -0.493 e. The molecular formula is C26H34N2O6.